The van der Waals surface area contributed by atoms with E-state index in [4.69, 9.17) is 9.47 Å². The van der Waals surface area contributed by atoms with Crippen LogP contribution in [0.2, 0.25) is 0 Å². The van der Waals surface area contributed by atoms with E-state index in [9.17, 15) is 0 Å². The Morgan fingerprint density at radius 2 is 0.872 bits per heavy atom. The Labute approximate surface area is 273 Å². The zero-order chi connectivity index (χ0) is 30.9. The topological polar surface area (TPSA) is 18.5 Å². The number of rotatable bonds is 3. The zero-order valence-electron chi connectivity index (χ0n) is 25.5. The molecule has 218 valence electrons. The van der Waals surface area contributed by atoms with Crippen LogP contribution in [0.25, 0.3) is 54.9 Å². The summed E-state index contributed by atoms with van der Waals surface area (Å²) in [4.78, 5) is 0. The largest absolute Gasteiger partial charge is 0.458 e. The summed E-state index contributed by atoms with van der Waals surface area (Å²) in [7, 11) is 0. The molecule has 2 aliphatic rings. The van der Waals surface area contributed by atoms with Crippen molar-refractivity contribution >= 4 is 44.6 Å². The molecule has 10 rings (SSSR count). The monoisotopic (exact) mass is 598 g/mol. The molecule has 0 atom stereocenters. The van der Waals surface area contributed by atoms with Gasteiger partial charge in [-0.05, 0) is 90.1 Å². The lowest BCUT2D eigenvalue weighted by Crippen LogP contribution is -2.57. The smallest absolute Gasteiger partial charge is 0.260 e. The highest BCUT2D eigenvalue weighted by atomic mass is 16.5. The molecule has 0 bridgehead atoms. The highest BCUT2D eigenvalue weighted by molar-refractivity contribution is 6.98. The van der Waals surface area contributed by atoms with Gasteiger partial charge in [0.25, 0.3) is 6.71 Å². The second-order valence-corrected chi connectivity index (χ2v) is 12.3. The van der Waals surface area contributed by atoms with E-state index in [0.29, 0.717) is 0 Å². The average molecular weight is 599 g/mol. The normalized spacial score (nSPS) is 12.6. The molecule has 0 amide bonds. The Balaban J connectivity index is 1.22. The first-order valence-electron chi connectivity index (χ1n) is 16.1. The maximum atomic E-state index is 6.70. The first-order chi connectivity index (χ1) is 23.3. The zero-order valence-corrected chi connectivity index (χ0v) is 25.5. The van der Waals surface area contributed by atoms with Gasteiger partial charge in [-0.1, -0.05) is 140 Å². The molecule has 0 saturated carbocycles. The molecule has 2 nitrogen and oxygen atoms in total. The van der Waals surface area contributed by atoms with Crippen LogP contribution in [0.5, 0.6) is 23.0 Å². The van der Waals surface area contributed by atoms with Crippen LogP contribution in [0.4, 0.5) is 0 Å². The van der Waals surface area contributed by atoms with Gasteiger partial charge in [0, 0.05) is 5.46 Å². The van der Waals surface area contributed by atoms with Gasteiger partial charge in [0.2, 0.25) is 0 Å². The summed E-state index contributed by atoms with van der Waals surface area (Å²) in [5, 5.41) is 4.91. The van der Waals surface area contributed by atoms with Crippen molar-refractivity contribution in [2.75, 3.05) is 0 Å². The number of para-hydroxylation sites is 1. The molecule has 0 fully saturated rings. The van der Waals surface area contributed by atoms with Gasteiger partial charge in [0.15, 0.2) is 0 Å². The minimum absolute atomic E-state index is 0.0503. The predicted octanol–water partition coefficient (Wildman–Crippen LogP) is 9.72. The maximum absolute atomic E-state index is 6.70. The minimum Gasteiger partial charge on any atom is -0.458 e. The fraction of sp³-hybridized carbons (Fsp3) is 0. The summed E-state index contributed by atoms with van der Waals surface area (Å²) >= 11 is 0. The predicted molar refractivity (Wildman–Crippen MR) is 195 cm³/mol. The molecular weight excluding hydrogens is 571 g/mol. The molecule has 8 aromatic rings. The average Bonchev–Trinajstić information content (AvgIpc) is 3.14. The van der Waals surface area contributed by atoms with Gasteiger partial charge < -0.3 is 9.47 Å². The van der Waals surface area contributed by atoms with Crippen LogP contribution in [0.15, 0.2) is 164 Å². The molecule has 8 aromatic carbocycles. The van der Waals surface area contributed by atoms with Crippen LogP contribution in [0.3, 0.4) is 0 Å². The van der Waals surface area contributed by atoms with E-state index >= 15 is 0 Å². The van der Waals surface area contributed by atoms with Crippen molar-refractivity contribution in [2.24, 2.45) is 0 Å². The Hall–Kier alpha value is -6.06. The molecule has 0 unspecified atom stereocenters. The molecule has 0 spiro atoms. The highest BCUT2D eigenvalue weighted by Gasteiger charge is 2.39. The molecule has 0 aliphatic carbocycles. The maximum Gasteiger partial charge on any atom is 0.260 e. The third-order valence-electron chi connectivity index (χ3n) is 9.81. The van der Waals surface area contributed by atoms with E-state index in [1.807, 2.05) is 18.2 Å². The lowest BCUT2D eigenvalue weighted by Gasteiger charge is -2.33. The number of hydrogen-bond acceptors (Lipinski definition) is 2. The van der Waals surface area contributed by atoms with Crippen LogP contribution in [0.1, 0.15) is 0 Å². The molecule has 2 aliphatic heterocycles. The second kappa shape index (κ2) is 10.2. The molecule has 47 heavy (non-hydrogen) atoms. The van der Waals surface area contributed by atoms with Crippen molar-refractivity contribution in [3.63, 3.8) is 0 Å². The van der Waals surface area contributed by atoms with Gasteiger partial charge in [0.1, 0.15) is 23.0 Å². The first kappa shape index (κ1) is 26.2. The fourth-order valence-corrected chi connectivity index (χ4v) is 7.83. The molecule has 0 radical (unpaired) electrons. The quantitative estimate of drug-likeness (QED) is 0.149. The third-order valence-corrected chi connectivity index (χ3v) is 9.81. The lowest BCUT2D eigenvalue weighted by molar-refractivity contribution is 0.464. The van der Waals surface area contributed by atoms with Crippen molar-refractivity contribution < 1.29 is 9.47 Å². The first-order valence-corrected chi connectivity index (χ1v) is 16.1. The van der Waals surface area contributed by atoms with Gasteiger partial charge in [-0.25, -0.2) is 0 Å². The number of ether oxygens (including phenoxy) is 2. The number of hydrogen-bond donors (Lipinski definition) is 0. The van der Waals surface area contributed by atoms with E-state index in [1.54, 1.807) is 0 Å². The second-order valence-electron chi connectivity index (χ2n) is 12.3. The Bertz CT molecular complexity index is 2480. The molecule has 0 aromatic heterocycles. The standard InChI is InChI=1S/C44H27BO2/c1-2-13-28(14-3-1)30-15-4-5-16-31(30)43-34-19-8-6-17-32(34)42(33-18-7-9-20-35(33)43)29-25-26-37-41(27-29)47-40-24-12-23-39-44(40)45(37)36-21-10-11-22-38(36)46-39/h1-27H. The van der Waals surface area contributed by atoms with Gasteiger partial charge in [-0.15, -0.1) is 0 Å². The van der Waals surface area contributed by atoms with Gasteiger partial charge in [-0.2, -0.15) is 0 Å². The van der Waals surface area contributed by atoms with Gasteiger partial charge in [0.05, 0.1) is 0 Å². The molecule has 0 saturated heterocycles. The summed E-state index contributed by atoms with van der Waals surface area (Å²) in [6.07, 6.45) is 0. The number of benzene rings is 8. The van der Waals surface area contributed by atoms with Crippen LogP contribution < -0.4 is 25.9 Å². The summed E-state index contributed by atoms with van der Waals surface area (Å²) in [5.74, 6) is 3.52. The molecule has 2 heterocycles. The van der Waals surface area contributed by atoms with Gasteiger partial charge in [-0.3, -0.25) is 0 Å². The van der Waals surface area contributed by atoms with Crippen molar-refractivity contribution in [1.29, 1.82) is 0 Å². The lowest BCUT2D eigenvalue weighted by atomic mass is 9.35. The van der Waals surface area contributed by atoms with E-state index in [1.165, 1.54) is 54.8 Å². The van der Waals surface area contributed by atoms with E-state index in [-0.39, 0.29) is 6.71 Å². The highest BCUT2D eigenvalue weighted by Crippen LogP contribution is 2.46. The fourth-order valence-electron chi connectivity index (χ4n) is 7.83. The van der Waals surface area contributed by atoms with Gasteiger partial charge >= 0.3 is 0 Å². The molecule has 3 heteroatoms. The Morgan fingerprint density at radius 3 is 1.60 bits per heavy atom. The summed E-state index contributed by atoms with van der Waals surface area (Å²) < 4.78 is 13.0. The number of fused-ring (bicyclic) bond motifs is 6. The van der Waals surface area contributed by atoms with E-state index in [0.717, 1.165) is 39.5 Å². The summed E-state index contributed by atoms with van der Waals surface area (Å²) in [6.45, 7) is 0.0503. The van der Waals surface area contributed by atoms with Crippen LogP contribution in [-0.4, -0.2) is 6.71 Å². The van der Waals surface area contributed by atoms with E-state index in [2.05, 4.69) is 146 Å². The van der Waals surface area contributed by atoms with Crippen LogP contribution in [-0.2, 0) is 0 Å². The minimum atomic E-state index is 0.0503. The van der Waals surface area contributed by atoms with E-state index < -0.39 is 0 Å². The third kappa shape index (κ3) is 3.93. The molecular formula is C44H27BO2. The van der Waals surface area contributed by atoms with Crippen molar-refractivity contribution in [1.82, 2.24) is 0 Å². The van der Waals surface area contributed by atoms with Crippen molar-refractivity contribution in [2.45, 2.75) is 0 Å². The SMILES string of the molecule is c1ccc(-c2ccccc2-c2c3ccccc3c(-c3ccc4c(c3)Oc3cccc5c3B4c3ccccc3O5)c3ccccc23)cc1. The Kier molecular flexibility index (Phi) is 5.70. The van der Waals surface area contributed by atoms with Crippen LogP contribution in [0, 0.1) is 0 Å². The molecule has 0 N–H and O–H groups in total. The Morgan fingerprint density at radius 1 is 0.340 bits per heavy atom. The van der Waals surface area contributed by atoms with Crippen LogP contribution >= 0.6 is 0 Å². The summed E-state index contributed by atoms with van der Waals surface area (Å²) in [6, 6.07) is 58.4. The van der Waals surface area contributed by atoms with Crippen molar-refractivity contribution in [3.8, 4) is 56.4 Å². The summed E-state index contributed by atoms with van der Waals surface area (Å²) in [5.41, 5.74) is 10.7. The van der Waals surface area contributed by atoms with Crippen molar-refractivity contribution in [3.05, 3.63) is 164 Å².